The van der Waals surface area contributed by atoms with E-state index in [1.807, 2.05) is 6.92 Å². The lowest BCUT2D eigenvalue weighted by Crippen LogP contribution is -2.46. The van der Waals surface area contributed by atoms with Crippen LogP contribution in [0.25, 0.3) is 0 Å². The third kappa shape index (κ3) is 5.13. The summed E-state index contributed by atoms with van der Waals surface area (Å²) in [6.45, 7) is 3.17. The van der Waals surface area contributed by atoms with E-state index in [0.29, 0.717) is 10.0 Å². The molecule has 0 saturated carbocycles. The van der Waals surface area contributed by atoms with Gasteiger partial charge in [0.2, 0.25) is 10.0 Å². The molecule has 0 aromatic heterocycles. The molecular weight excluding hydrogens is 422 g/mol. The van der Waals surface area contributed by atoms with Crippen molar-refractivity contribution >= 4 is 37.8 Å². The number of aryl methyl sites for hydroxylation is 2. The van der Waals surface area contributed by atoms with Gasteiger partial charge in [-0.05, 0) is 65.2 Å². The number of hydrazine groups is 1. The van der Waals surface area contributed by atoms with Crippen molar-refractivity contribution in [1.82, 2.24) is 15.6 Å². The molecule has 0 fully saturated rings. The predicted octanol–water partition coefficient (Wildman–Crippen LogP) is 1.81. The standard InChI is InChI=1S/C17H18BrN3O4S/c1-11-7-8-13(9-12(11)2)26(24,25)19-10-16(22)20-21-17(23)14-5-3-4-6-15(14)18/h3-9,19H,10H2,1-2H3,(H,20,22)(H,21,23). The lowest BCUT2D eigenvalue weighted by atomic mass is 10.1. The van der Waals surface area contributed by atoms with Gasteiger partial charge in [-0.1, -0.05) is 18.2 Å². The van der Waals surface area contributed by atoms with Gasteiger partial charge in [0.25, 0.3) is 11.8 Å². The van der Waals surface area contributed by atoms with Crippen LogP contribution in [-0.4, -0.2) is 26.8 Å². The number of halogens is 1. The molecule has 0 spiro atoms. The maximum atomic E-state index is 12.2. The summed E-state index contributed by atoms with van der Waals surface area (Å²) in [5.74, 6) is -1.22. The monoisotopic (exact) mass is 439 g/mol. The maximum Gasteiger partial charge on any atom is 0.270 e. The third-order valence-electron chi connectivity index (χ3n) is 3.65. The number of sulfonamides is 1. The predicted molar refractivity (Wildman–Crippen MR) is 101 cm³/mol. The summed E-state index contributed by atoms with van der Waals surface area (Å²) in [5.41, 5.74) is 6.53. The molecule has 0 aliphatic heterocycles. The van der Waals surface area contributed by atoms with Gasteiger partial charge in [-0.25, -0.2) is 13.1 Å². The van der Waals surface area contributed by atoms with Crippen molar-refractivity contribution in [2.45, 2.75) is 18.7 Å². The van der Waals surface area contributed by atoms with Gasteiger partial charge >= 0.3 is 0 Å². The Bertz CT molecular complexity index is 945. The molecule has 2 amide bonds. The van der Waals surface area contributed by atoms with Crippen LogP contribution in [0.4, 0.5) is 0 Å². The minimum absolute atomic E-state index is 0.0747. The van der Waals surface area contributed by atoms with E-state index in [1.165, 1.54) is 12.1 Å². The van der Waals surface area contributed by atoms with Crippen LogP contribution in [0.2, 0.25) is 0 Å². The normalized spacial score (nSPS) is 11.0. The van der Waals surface area contributed by atoms with E-state index in [2.05, 4.69) is 31.5 Å². The van der Waals surface area contributed by atoms with Crippen molar-refractivity contribution in [3.05, 3.63) is 63.6 Å². The molecule has 0 aliphatic rings. The molecule has 3 N–H and O–H groups in total. The Balaban J connectivity index is 1.91. The largest absolute Gasteiger partial charge is 0.272 e. The fourth-order valence-electron chi connectivity index (χ4n) is 2.01. The first-order valence-electron chi connectivity index (χ1n) is 7.61. The molecule has 9 heteroatoms. The van der Waals surface area contributed by atoms with Gasteiger partial charge < -0.3 is 0 Å². The van der Waals surface area contributed by atoms with Gasteiger partial charge in [0.1, 0.15) is 0 Å². The molecule has 0 aliphatic carbocycles. The highest BCUT2D eigenvalue weighted by Gasteiger charge is 2.17. The number of hydrogen-bond donors (Lipinski definition) is 3. The minimum atomic E-state index is -3.82. The van der Waals surface area contributed by atoms with Gasteiger partial charge in [0.15, 0.2) is 0 Å². The average molecular weight is 440 g/mol. The van der Waals surface area contributed by atoms with Crippen molar-refractivity contribution in [3.8, 4) is 0 Å². The second-order valence-corrected chi connectivity index (χ2v) is 8.17. The fraction of sp³-hybridized carbons (Fsp3) is 0.176. The summed E-state index contributed by atoms with van der Waals surface area (Å²) < 4.78 is 27.2. The van der Waals surface area contributed by atoms with E-state index in [-0.39, 0.29) is 4.90 Å². The molecule has 138 valence electrons. The molecule has 26 heavy (non-hydrogen) atoms. The van der Waals surface area contributed by atoms with Gasteiger partial charge in [-0.15, -0.1) is 0 Å². The van der Waals surface area contributed by atoms with E-state index < -0.39 is 28.4 Å². The van der Waals surface area contributed by atoms with Crippen molar-refractivity contribution in [2.24, 2.45) is 0 Å². The molecule has 0 saturated heterocycles. The van der Waals surface area contributed by atoms with E-state index >= 15 is 0 Å². The van der Waals surface area contributed by atoms with Crippen LogP contribution in [0.5, 0.6) is 0 Å². The second kappa shape index (κ2) is 8.43. The highest BCUT2D eigenvalue weighted by atomic mass is 79.9. The first-order chi connectivity index (χ1) is 12.2. The summed E-state index contributed by atoms with van der Waals surface area (Å²) >= 11 is 3.23. The van der Waals surface area contributed by atoms with Crippen LogP contribution >= 0.6 is 15.9 Å². The Morgan fingerprint density at radius 2 is 1.69 bits per heavy atom. The molecule has 7 nitrogen and oxygen atoms in total. The van der Waals surface area contributed by atoms with Crippen LogP contribution in [0, 0.1) is 13.8 Å². The van der Waals surface area contributed by atoms with Crippen LogP contribution in [0.1, 0.15) is 21.5 Å². The Labute approximate surface area is 160 Å². The summed E-state index contributed by atoms with van der Waals surface area (Å²) in [5, 5.41) is 0. The average Bonchev–Trinajstić information content (AvgIpc) is 2.60. The van der Waals surface area contributed by atoms with Crippen LogP contribution in [0.3, 0.4) is 0 Å². The molecule has 0 unspecified atom stereocenters. The zero-order valence-electron chi connectivity index (χ0n) is 14.2. The molecule has 2 rings (SSSR count). The number of rotatable bonds is 5. The van der Waals surface area contributed by atoms with Crippen LogP contribution in [0.15, 0.2) is 51.8 Å². The lowest BCUT2D eigenvalue weighted by molar-refractivity contribution is -0.120. The molecule has 2 aromatic carbocycles. The Morgan fingerprint density at radius 1 is 1.00 bits per heavy atom. The topological polar surface area (TPSA) is 104 Å². The second-order valence-electron chi connectivity index (χ2n) is 5.55. The van der Waals surface area contributed by atoms with Gasteiger partial charge in [0, 0.05) is 4.47 Å². The van der Waals surface area contributed by atoms with E-state index in [4.69, 9.17) is 0 Å². The molecule has 0 radical (unpaired) electrons. The molecule has 0 atom stereocenters. The van der Waals surface area contributed by atoms with Gasteiger partial charge in [-0.3, -0.25) is 20.4 Å². The van der Waals surface area contributed by atoms with Crippen molar-refractivity contribution in [2.75, 3.05) is 6.54 Å². The molecule has 0 bridgehead atoms. The smallest absolute Gasteiger partial charge is 0.270 e. The Kier molecular flexibility index (Phi) is 6.52. The quantitative estimate of drug-likeness (QED) is 0.617. The maximum absolute atomic E-state index is 12.2. The van der Waals surface area contributed by atoms with Crippen LogP contribution < -0.4 is 15.6 Å². The fourth-order valence-corrected chi connectivity index (χ4v) is 3.54. The first-order valence-corrected chi connectivity index (χ1v) is 9.89. The number of carbonyl (C=O) groups is 2. The Hall–Kier alpha value is -2.23. The SMILES string of the molecule is Cc1ccc(S(=O)(=O)NCC(=O)NNC(=O)c2ccccc2Br)cc1C. The Morgan fingerprint density at radius 3 is 2.35 bits per heavy atom. The first kappa shape index (κ1) is 20.1. The summed E-state index contributed by atoms with van der Waals surface area (Å²) in [7, 11) is -3.82. The number of hydrogen-bond acceptors (Lipinski definition) is 4. The number of nitrogens with one attached hydrogen (secondary N) is 3. The molecular formula is C17H18BrN3O4S. The summed E-state index contributed by atoms with van der Waals surface area (Å²) in [6.07, 6.45) is 0. The van der Waals surface area contributed by atoms with E-state index in [0.717, 1.165) is 11.1 Å². The zero-order chi connectivity index (χ0) is 19.3. The van der Waals surface area contributed by atoms with Crippen molar-refractivity contribution in [1.29, 1.82) is 0 Å². The van der Waals surface area contributed by atoms with Crippen LogP contribution in [-0.2, 0) is 14.8 Å². The van der Waals surface area contributed by atoms with Gasteiger partial charge in [-0.2, -0.15) is 0 Å². The van der Waals surface area contributed by atoms with Crippen molar-refractivity contribution in [3.63, 3.8) is 0 Å². The van der Waals surface area contributed by atoms with E-state index in [9.17, 15) is 18.0 Å². The number of amides is 2. The number of benzene rings is 2. The minimum Gasteiger partial charge on any atom is -0.272 e. The number of carbonyl (C=O) groups excluding carboxylic acids is 2. The highest BCUT2D eigenvalue weighted by molar-refractivity contribution is 9.10. The third-order valence-corrected chi connectivity index (χ3v) is 5.74. The summed E-state index contributed by atoms with van der Waals surface area (Å²) in [4.78, 5) is 23.8. The zero-order valence-corrected chi connectivity index (χ0v) is 16.6. The molecule has 2 aromatic rings. The summed E-state index contributed by atoms with van der Waals surface area (Å²) in [6, 6.07) is 11.4. The van der Waals surface area contributed by atoms with Gasteiger partial charge in [0.05, 0.1) is 17.0 Å². The van der Waals surface area contributed by atoms with E-state index in [1.54, 1.807) is 37.3 Å². The molecule has 0 heterocycles. The highest BCUT2D eigenvalue weighted by Crippen LogP contribution is 2.15. The lowest BCUT2D eigenvalue weighted by Gasteiger charge is -2.10. The van der Waals surface area contributed by atoms with Crippen molar-refractivity contribution < 1.29 is 18.0 Å².